The Hall–Kier alpha value is -2.26. The number of nitrogens with zero attached hydrogens (tertiary/aromatic N) is 1. The van der Waals surface area contributed by atoms with Gasteiger partial charge in [-0.3, -0.25) is 4.79 Å². The maximum Gasteiger partial charge on any atom is 0.355 e. The van der Waals surface area contributed by atoms with Gasteiger partial charge in [0.05, 0.1) is 0 Å². The van der Waals surface area contributed by atoms with Crippen LogP contribution in [0.5, 0.6) is 0 Å². The van der Waals surface area contributed by atoms with Crippen molar-refractivity contribution >= 4 is 33.1 Å². The molecule has 0 spiro atoms. The third-order valence-electron chi connectivity index (χ3n) is 3.38. The molecular formula is C15H16N2O5S2. The van der Waals surface area contributed by atoms with Crippen molar-refractivity contribution in [1.82, 2.24) is 10.3 Å². The Labute approximate surface area is 143 Å². The van der Waals surface area contributed by atoms with Crippen LogP contribution < -0.4 is 5.32 Å². The van der Waals surface area contributed by atoms with Crippen LogP contribution in [0.1, 0.15) is 23.0 Å². The Morgan fingerprint density at radius 3 is 2.67 bits per heavy atom. The molecule has 128 valence electrons. The molecule has 1 aromatic carbocycles. The van der Waals surface area contributed by atoms with Gasteiger partial charge >= 0.3 is 5.97 Å². The Morgan fingerprint density at radius 1 is 1.38 bits per heavy atom. The van der Waals surface area contributed by atoms with Gasteiger partial charge in [0.1, 0.15) is 10.3 Å². The summed E-state index contributed by atoms with van der Waals surface area (Å²) in [6.07, 6.45) is 1.01. The molecule has 7 nitrogen and oxygen atoms in total. The van der Waals surface area contributed by atoms with E-state index in [1.54, 1.807) is 24.3 Å². The van der Waals surface area contributed by atoms with Crippen LogP contribution in [0.3, 0.4) is 0 Å². The Balaban J connectivity index is 2.10. The number of aromatic carboxylic acids is 1. The number of thiazole rings is 1. The highest BCUT2D eigenvalue weighted by atomic mass is 32.2. The van der Waals surface area contributed by atoms with Crippen molar-refractivity contribution < 1.29 is 23.1 Å². The van der Waals surface area contributed by atoms with Crippen LogP contribution in [-0.2, 0) is 21.2 Å². The van der Waals surface area contributed by atoms with Crippen molar-refractivity contribution in [2.45, 2.75) is 18.7 Å². The minimum Gasteiger partial charge on any atom is -0.476 e. The molecule has 1 atom stereocenters. The molecule has 2 aromatic rings. The van der Waals surface area contributed by atoms with E-state index in [4.69, 9.17) is 5.11 Å². The van der Waals surface area contributed by atoms with Crippen LogP contribution in [0.15, 0.2) is 29.6 Å². The molecule has 1 amide bonds. The summed E-state index contributed by atoms with van der Waals surface area (Å²) in [7, 11) is -3.44. The number of amides is 1. The van der Waals surface area contributed by atoms with Crippen molar-refractivity contribution in [2.24, 2.45) is 0 Å². The second-order valence-electron chi connectivity index (χ2n) is 5.23. The molecule has 0 radical (unpaired) electrons. The predicted octanol–water partition coefficient (Wildman–Crippen LogP) is 1.56. The molecule has 0 aliphatic heterocycles. The van der Waals surface area contributed by atoms with Crippen molar-refractivity contribution in [3.8, 4) is 10.6 Å². The molecule has 2 rings (SSSR count). The molecule has 1 unspecified atom stereocenters. The molecule has 2 N–H and O–H groups in total. The fourth-order valence-corrected chi connectivity index (χ4v) is 3.11. The molecule has 9 heteroatoms. The predicted molar refractivity (Wildman–Crippen MR) is 90.7 cm³/mol. The van der Waals surface area contributed by atoms with E-state index in [-0.39, 0.29) is 12.2 Å². The highest BCUT2D eigenvalue weighted by Gasteiger charge is 2.23. The van der Waals surface area contributed by atoms with Crippen LogP contribution in [0.4, 0.5) is 0 Å². The van der Waals surface area contributed by atoms with E-state index in [0.29, 0.717) is 5.01 Å². The molecular weight excluding hydrogens is 352 g/mol. The lowest BCUT2D eigenvalue weighted by Gasteiger charge is -2.11. The van der Waals surface area contributed by atoms with Gasteiger partial charge in [0, 0.05) is 23.7 Å². The van der Waals surface area contributed by atoms with Crippen LogP contribution in [0.2, 0.25) is 0 Å². The van der Waals surface area contributed by atoms with E-state index >= 15 is 0 Å². The molecule has 0 fully saturated rings. The topological polar surface area (TPSA) is 113 Å². The van der Waals surface area contributed by atoms with Crippen molar-refractivity contribution in [3.05, 3.63) is 40.9 Å². The largest absolute Gasteiger partial charge is 0.476 e. The summed E-state index contributed by atoms with van der Waals surface area (Å²) in [6.45, 7) is 1.51. The standard InChI is InChI=1S/C15H16N2O5S2/c1-9(24(2,21)22)13(18)16-7-10-4-3-5-11(6-10)14-17-12(8-23-14)15(19)20/h3-6,8-9H,7H2,1-2H3,(H,16,18)(H,19,20). The highest BCUT2D eigenvalue weighted by Crippen LogP contribution is 2.24. The van der Waals surface area contributed by atoms with E-state index in [0.717, 1.165) is 17.4 Å². The van der Waals surface area contributed by atoms with Gasteiger partial charge in [0.15, 0.2) is 15.5 Å². The average Bonchev–Trinajstić information content (AvgIpc) is 3.01. The van der Waals surface area contributed by atoms with E-state index in [9.17, 15) is 18.0 Å². The number of carbonyl (C=O) groups excluding carboxylic acids is 1. The van der Waals surface area contributed by atoms with Gasteiger partial charge in [-0.25, -0.2) is 18.2 Å². The summed E-state index contributed by atoms with van der Waals surface area (Å²) in [6, 6.07) is 7.10. The number of aromatic nitrogens is 1. The van der Waals surface area contributed by atoms with Crippen LogP contribution >= 0.6 is 11.3 Å². The number of hydrogen-bond acceptors (Lipinski definition) is 6. The van der Waals surface area contributed by atoms with E-state index in [1.165, 1.54) is 23.6 Å². The van der Waals surface area contributed by atoms with Crippen LogP contribution in [-0.4, -0.2) is 41.9 Å². The zero-order chi connectivity index (χ0) is 17.9. The normalized spacial score (nSPS) is 12.6. The lowest BCUT2D eigenvalue weighted by atomic mass is 10.1. The van der Waals surface area contributed by atoms with E-state index in [2.05, 4.69) is 10.3 Å². The summed E-state index contributed by atoms with van der Waals surface area (Å²) in [5.41, 5.74) is 1.47. The van der Waals surface area contributed by atoms with Crippen LogP contribution in [0.25, 0.3) is 10.6 Å². The minimum absolute atomic E-state index is 0.0179. The van der Waals surface area contributed by atoms with Crippen molar-refractivity contribution in [1.29, 1.82) is 0 Å². The zero-order valence-electron chi connectivity index (χ0n) is 13.0. The maximum atomic E-state index is 11.8. The Kier molecular flexibility index (Phi) is 5.35. The second-order valence-corrected chi connectivity index (χ2v) is 8.46. The number of benzene rings is 1. The average molecular weight is 368 g/mol. The molecule has 1 heterocycles. The minimum atomic E-state index is -3.44. The van der Waals surface area contributed by atoms with E-state index in [1.807, 2.05) is 0 Å². The van der Waals surface area contributed by atoms with Gasteiger partial charge in [0.25, 0.3) is 0 Å². The third-order valence-corrected chi connectivity index (χ3v) is 5.77. The summed E-state index contributed by atoms with van der Waals surface area (Å²) in [5, 5.41) is 12.4. The van der Waals surface area contributed by atoms with Gasteiger partial charge in [-0.05, 0) is 18.6 Å². The quantitative estimate of drug-likeness (QED) is 0.800. The molecule has 1 aromatic heterocycles. The third kappa shape index (κ3) is 4.39. The first kappa shape index (κ1) is 18.1. The molecule has 0 aliphatic carbocycles. The molecule has 0 aliphatic rings. The summed E-state index contributed by atoms with van der Waals surface area (Å²) in [4.78, 5) is 26.7. The number of sulfone groups is 1. The zero-order valence-corrected chi connectivity index (χ0v) is 14.6. The summed E-state index contributed by atoms with van der Waals surface area (Å²) < 4.78 is 22.7. The number of carbonyl (C=O) groups is 2. The van der Waals surface area contributed by atoms with Gasteiger partial charge in [-0.15, -0.1) is 11.3 Å². The molecule has 0 saturated heterocycles. The van der Waals surface area contributed by atoms with E-state index < -0.39 is 27.0 Å². The van der Waals surface area contributed by atoms with Gasteiger partial charge < -0.3 is 10.4 Å². The van der Waals surface area contributed by atoms with Gasteiger partial charge in [-0.1, -0.05) is 18.2 Å². The second kappa shape index (κ2) is 7.10. The monoisotopic (exact) mass is 368 g/mol. The first-order valence-corrected chi connectivity index (χ1v) is 9.76. The molecule has 0 bridgehead atoms. The van der Waals surface area contributed by atoms with Crippen LogP contribution in [0, 0.1) is 0 Å². The Morgan fingerprint density at radius 2 is 2.08 bits per heavy atom. The first-order chi connectivity index (χ1) is 11.2. The maximum absolute atomic E-state index is 11.8. The fraction of sp³-hybridized carbons (Fsp3) is 0.267. The smallest absolute Gasteiger partial charge is 0.355 e. The lowest BCUT2D eigenvalue weighted by molar-refractivity contribution is -0.120. The number of nitrogens with one attached hydrogen (secondary N) is 1. The lowest BCUT2D eigenvalue weighted by Crippen LogP contribution is -2.36. The van der Waals surface area contributed by atoms with Crippen molar-refractivity contribution in [2.75, 3.05) is 6.26 Å². The fourth-order valence-electron chi connectivity index (χ4n) is 1.85. The van der Waals surface area contributed by atoms with Crippen molar-refractivity contribution in [3.63, 3.8) is 0 Å². The molecule has 24 heavy (non-hydrogen) atoms. The number of rotatable bonds is 6. The number of carboxylic acid groups (broad SMARTS) is 1. The van der Waals surface area contributed by atoms with Gasteiger partial charge in [-0.2, -0.15) is 0 Å². The SMILES string of the molecule is CC(C(=O)NCc1cccc(-c2nc(C(=O)O)cs2)c1)S(C)(=O)=O. The summed E-state index contributed by atoms with van der Waals surface area (Å²) >= 11 is 1.21. The van der Waals surface area contributed by atoms with Gasteiger partial charge in [0.2, 0.25) is 5.91 Å². The number of carboxylic acids is 1. The summed E-state index contributed by atoms with van der Waals surface area (Å²) in [5.74, 6) is -1.65. The first-order valence-electron chi connectivity index (χ1n) is 6.93. The number of hydrogen-bond donors (Lipinski definition) is 2. The Bertz CT molecular complexity index is 873. The molecule has 0 saturated carbocycles. The highest BCUT2D eigenvalue weighted by molar-refractivity contribution is 7.92.